The van der Waals surface area contributed by atoms with E-state index in [1.54, 1.807) is 12.0 Å². The largest absolute Gasteiger partial charge is 0.497 e. The highest BCUT2D eigenvalue weighted by molar-refractivity contribution is 8.26. The van der Waals surface area contributed by atoms with Crippen molar-refractivity contribution < 1.29 is 14.3 Å². The van der Waals surface area contributed by atoms with Crippen LogP contribution in [0.5, 0.6) is 5.75 Å². The van der Waals surface area contributed by atoms with Gasteiger partial charge in [-0.25, -0.2) is 0 Å². The van der Waals surface area contributed by atoms with Crippen molar-refractivity contribution in [2.75, 3.05) is 19.0 Å². The zero-order chi connectivity index (χ0) is 21.7. The summed E-state index contributed by atoms with van der Waals surface area (Å²) in [7, 11) is 1.61. The van der Waals surface area contributed by atoms with Crippen LogP contribution in [0.25, 0.3) is 6.08 Å². The molecule has 0 unspecified atom stereocenters. The minimum Gasteiger partial charge on any atom is -0.497 e. The van der Waals surface area contributed by atoms with E-state index in [1.807, 2.05) is 62.4 Å². The Morgan fingerprint density at radius 2 is 2.00 bits per heavy atom. The van der Waals surface area contributed by atoms with E-state index in [0.29, 0.717) is 28.6 Å². The van der Waals surface area contributed by atoms with Gasteiger partial charge in [-0.2, -0.15) is 0 Å². The van der Waals surface area contributed by atoms with Crippen molar-refractivity contribution in [1.82, 2.24) is 4.90 Å². The molecule has 2 aromatic rings. The Morgan fingerprint density at radius 1 is 1.20 bits per heavy atom. The number of nitrogens with one attached hydrogen (secondary N) is 1. The third-order valence-corrected chi connectivity index (χ3v) is 6.22. The Bertz CT molecular complexity index is 1020. The Kier molecular flexibility index (Phi) is 7.29. The van der Waals surface area contributed by atoms with E-state index in [1.165, 1.54) is 17.3 Å². The number of anilines is 1. The van der Waals surface area contributed by atoms with Gasteiger partial charge in [-0.1, -0.05) is 42.2 Å². The fourth-order valence-corrected chi connectivity index (χ4v) is 4.32. The summed E-state index contributed by atoms with van der Waals surface area (Å²) in [5.41, 5.74) is 3.98. The van der Waals surface area contributed by atoms with Crippen molar-refractivity contribution in [2.45, 2.75) is 26.7 Å². The Labute approximate surface area is 186 Å². The number of amides is 2. The second kappa shape index (κ2) is 9.91. The quantitative estimate of drug-likeness (QED) is 0.489. The summed E-state index contributed by atoms with van der Waals surface area (Å²) in [6.45, 7) is 4.46. The predicted molar refractivity (Wildman–Crippen MR) is 127 cm³/mol. The van der Waals surface area contributed by atoms with Gasteiger partial charge in [0.25, 0.3) is 5.91 Å². The van der Waals surface area contributed by atoms with Gasteiger partial charge in [-0.05, 0) is 67.3 Å². The average molecular weight is 441 g/mol. The van der Waals surface area contributed by atoms with Crippen molar-refractivity contribution >= 4 is 51.9 Å². The molecular weight excluding hydrogens is 416 g/mol. The Hall–Kier alpha value is -2.64. The SMILES string of the molecule is COc1cccc(/C=C2\SC(=S)N(CCCC(=O)Nc3ccc(C)c(C)c3)C2=O)c1. The van der Waals surface area contributed by atoms with Crippen LogP contribution >= 0.6 is 24.0 Å². The van der Waals surface area contributed by atoms with E-state index in [4.69, 9.17) is 17.0 Å². The van der Waals surface area contributed by atoms with Crippen LogP contribution in [0.1, 0.15) is 29.5 Å². The summed E-state index contributed by atoms with van der Waals surface area (Å²) >= 11 is 6.65. The molecule has 0 radical (unpaired) electrons. The fourth-order valence-electron chi connectivity index (χ4n) is 3.02. The minimum atomic E-state index is -0.123. The van der Waals surface area contributed by atoms with Crippen molar-refractivity contribution in [1.29, 1.82) is 0 Å². The number of aryl methyl sites for hydroxylation is 2. The van der Waals surface area contributed by atoms with Crippen molar-refractivity contribution in [3.8, 4) is 5.75 Å². The number of benzene rings is 2. The number of rotatable bonds is 7. The van der Waals surface area contributed by atoms with Gasteiger partial charge in [0.1, 0.15) is 10.1 Å². The molecule has 30 heavy (non-hydrogen) atoms. The molecule has 1 heterocycles. The minimum absolute atomic E-state index is 0.0735. The monoisotopic (exact) mass is 440 g/mol. The molecule has 0 bridgehead atoms. The number of ether oxygens (including phenoxy) is 1. The molecule has 5 nitrogen and oxygen atoms in total. The average Bonchev–Trinajstić information content (AvgIpc) is 2.98. The summed E-state index contributed by atoms with van der Waals surface area (Å²) in [5, 5.41) is 2.91. The number of carbonyl (C=O) groups is 2. The first-order valence-corrected chi connectivity index (χ1v) is 10.9. The van der Waals surface area contributed by atoms with Crippen LogP contribution in [-0.2, 0) is 9.59 Å². The molecule has 1 saturated heterocycles. The summed E-state index contributed by atoms with van der Waals surface area (Å²) < 4.78 is 5.74. The summed E-state index contributed by atoms with van der Waals surface area (Å²) in [5.74, 6) is 0.534. The Balaban J connectivity index is 1.54. The first-order valence-electron chi connectivity index (χ1n) is 9.64. The smallest absolute Gasteiger partial charge is 0.266 e. The molecule has 2 amide bonds. The van der Waals surface area contributed by atoms with Gasteiger partial charge in [0.2, 0.25) is 5.91 Å². The van der Waals surface area contributed by atoms with Crippen LogP contribution in [0.3, 0.4) is 0 Å². The highest BCUT2D eigenvalue weighted by atomic mass is 32.2. The van der Waals surface area contributed by atoms with E-state index in [-0.39, 0.29) is 11.8 Å². The van der Waals surface area contributed by atoms with Gasteiger partial charge in [0, 0.05) is 18.7 Å². The van der Waals surface area contributed by atoms with Gasteiger partial charge in [-0.15, -0.1) is 0 Å². The number of nitrogens with zero attached hydrogens (tertiary/aromatic N) is 1. The summed E-state index contributed by atoms with van der Waals surface area (Å²) in [6, 6.07) is 13.3. The van der Waals surface area contributed by atoms with Crippen LogP contribution in [0, 0.1) is 13.8 Å². The van der Waals surface area contributed by atoms with Gasteiger partial charge >= 0.3 is 0 Å². The molecule has 7 heteroatoms. The zero-order valence-electron chi connectivity index (χ0n) is 17.2. The molecule has 3 rings (SSSR count). The molecule has 1 aliphatic heterocycles. The highest BCUT2D eigenvalue weighted by Crippen LogP contribution is 2.33. The summed E-state index contributed by atoms with van der Waals surface area (Å²) in [6.07, 6.45) is 2.67. The third kappa shape index (κ3) is 5.49. The molecule has 0 saturated carbocycles. The maximum atomic E-state index is 12.7. The van der Waals surface area contributed by atoms with Crippen molar-refractivity contribution in [2.24, 2.45) is 0 Å². The lowest BCUT2D eigenvalue weighted by atomic mass is 10.1. The molecule has 0 aliphatic carbocycles. The van der Waals surface area contributed by atoms with Crippen LogP contribution in [0.2, 0.25) is 0 Å². The lowest BCUT2D eigenvalue weighted by molar-refractivity contribution is -0.122. The zero-order valence-corrected chi connectivity index (χ0v) is 18.9. The van der Waals surface area contributed by atoms with E-state index in [0.717, 1.165) is 22.6 Å². The standard InChI is InChI=1S/C23H24N2O3S2/c1-15-9-10-18(12-16(15)2)24-21(26)8-5-11-25-22(27)20(30-23(25)29)14-17-6-4-7-19(13-17)28-3/h4,6-7,9-10,12-14H,5,8,11H2,1-3H3,(H,24,26)/b20-14-. The van der Waals surface area contributed by atoms with E-state index in [2.05, 4.69) is 5.32 Å². The highest BCUT2D eigenvalue weighted by Gasteiger charge is 2.31. The number of carbonyl (C=O) groups excluding carboxylic acids is 2. The molecule has 0 atom stereocenters. The van der Waals surface area contributed by atoms with Crippen molar-refractivity contribution in [3.63, 3.8) is 0 Å². The maximum Gasteiger partial charge on any atom is 0.266 e. The van der Waals surface area contributed by atoms with E-state index in [9.17, 15) is 9.59 Å². The Morgan fingerprint density at radius 3 is 2.73 bits per heavy atom. The molecule has 2 aromatic carbocycles. The van der Waals surface area contributed by atoms with Crippen LogP contribution in [0.4, 0.5) is 5.69 Å². The number of methoxy groups -OCH3 is 1. The number of hydrogen-bond donors (Lipinski definition) is 1. The lowest BCUT2D eigenvalue weighted by Gasteiger charge is -2.14. The lowest BCUT2D eigenvalue weighted by Crippen LogP contribution is -2.29. The molecule has 1 fully saturated rings. The first-order chi connectivity index (χ1) is 14.4. The molecule has 0 aromatic heterocycles. The number of hydrogen-bond acceptors (Lipinski definition) is 5. The molecular formula is C23H24N2O3S2. The number of thiocarbonyl (C=S) groups is 1. The third-order valence-electron chi connectivity index (χ3n) is 4.84. The fraction of sp³-hybridized carbons (Fsp3) is 0.261. The second-order valence-electron chi connectivity index (χ2n) is 7.06. The first kappa shape index (κ1) is 22.1. The van der Waals surface area contributed by atoms with Gasteiger partial charge < -0.3 is 10.1 Å². The predicted octanol–water partition coefficient (Wildman–Crippen LogP) is 4.93. The van der Waals surface area contributed by atoms with Gasteiger partial charge in [0.15, 0.2) is 0 Å². The topological polar surface area (TPSA) is 58.6 Å². The normalized spacial score (nSPS) is 15.0. The van der Waals surface area contributed by atoms with Gasteiger partial charge in [0.05, 0.1) is 12.0 Å². The van der Waals surface area contributed by atoms with Crippen LogP contribution in [0.15, 0.2) is 47.4 Å². The maximum absolute atomic E-state index is 12.7. The molecule has 156 valence electrons. The van der Waals surface area contributed by atoms with Crippen LogP contribution in [-0.4, -0.2) is 34.7 Å². The number of thioether (sulfide) groups is 1. The van der Waals surface area contributed by atoms with Gasteiger partial charge in [-0.3, -0.25) is 14.5 Å². The molecule has 0 spiro atoms. The molecule has 1 N–H and O–H groups in total. The van der Waals surface area contributed by atoms with E-state index < -0.39 is 0 Å². The summed E-state index contributed by atoms with van der Waals surface area (Å²) in [4.78, 5) is 27.1. The molecule has 1 aliphatic rings. The van der Waals surface area contributed by atoms with Crippen LogP contribution < -0.4 is 10.1 Å². The van der Waals surface area contributed by atoms with Crippen molar-refractivity contribution in [3.05, 3.63) is 64.1 Å². The second-order valence-corrected chi connectivity index (χ2v) is 8.74. The van der Waals surface area contributed by atoms with E-state index >= 15 is 0 Å².